The summed E-state index contributed by atoms with van der Waals surface area (Å²) >= 11 is 11.4. The first kappa shape index (κ1) is 13.6. The molecule has 18 heavy (non-hydrogen) atoms. The maximum atomic E-state index is 11.4. The van der Waals surface area contributed by atoms with Crippen molar-refractivity contribution in [2.24, 2.45) is 0 Å². The third kappa shape index (κ3) is 2.60. The number of halogens is 1. The number of fused-ring (bicyclic) bond motifs is 1. The quantitative estimate of drug-likeness (QED) is 0.887. The van der Waals surface area contributed by atoms with Gasteiger partial charge in [-0.2, -0.15) is 0 Å². The molecule has 1 aromatic carbocycles. The van der Waals surface area contributed by atoms with Crippen LogP contribution in [0.3, 0.4) is 0 Å². The lowest BCUT2D eigenvalue weighted by Gasteiger charge is -2.13. The minimum atomic E-state index is -3.07. The van der Waals surface area contributed by atoms with Crippen LogP contribution in [0, 0.1) is 4.77 Å². The second-order valence-electron chi connectivity index (χ2n) is 4.38. The van der Waals surface area contributed by atoms with Crippen molar-refractivity contribution >= 4 is 44.7 Å². The molecule has 2 rings (SSSR count). The van der Waals surface area contributed by atoms with Crippen LogP contribution in [0.1, 0.15) is 13.0 Å². The van der Waals surface area contributed by atoms with Gasteiger partial charge in [-0.3, -0.25) is 0 Å². The molecule has 4 nitrogen and oxygen atoms in total. The lowest BCUT2D eigenvalue weighted by Crippen LogP contribution is -2.16. The molecule has 0 saturated carbocycles. The van der Waals surface area contributed by atoms with Crippen molar-refractivity contribution in [2.45, 2.75) is 13.0 Å². The third-order valence-electron chi connectivity index (χ3n) is 2.67. The van der Waals surface area contributed by atoms with E-state index in [4.69, 9.17) is 23.8 Å². The zero-order valence-electron chi connectivity index (χ0n) is 9.97. The number of imidazole rings is 1. The molecule has 98 valence electrons. The zero-order valence-corrected chi connectivity index (χ0v) is 12.4. The highest BCUT2D eigenvalue weighted by Gasteiger charge is 2.17. The van der Waals surface area contributed by atoms with E-state index in [0.29, 0.717) is 9.79 Å². The third-order valence-corrected chi connectivity index (χ3v) is 4.36. The number of nitrogens with zero attached hydrogens (tertiary/aromatic N) is 1. The molecule has 0 radical (unpaired) electrons. The molecule has 1 aromatic heterocycles. The first-order valence-electron chi connectivity index (χ1n) is 5.36. The molecule has 0 saturated heterocycles. The van der Waals surface area contributed by atoms with Crippen molar-refractivity contribution in [1.29, 1.82) is 0 Å². The van der Waals surface area contributed by atoms with Crippen molar-refractivity contribution in [3.8, 4) is 0 Å². The molecule has 7 heteroatoms. The summed E-state index contributed by atoms with van der Waals surface area (Å²) in [6.07, 6.45) is 1.21. The van der Waals surface area contributed by atoms with E-state index >= 15 is 0 Å². The van der Waals surface area contributed by atoms with E-state index in [2.05, 4.69) is 4.98 Å². The summed E-state index contributed by atoms with van der Waals surface area (Å²) < 4.78 is 25.0. The van der Waals surface area contributed by atoms with Gasteiger partial charge in [-0.05, 0) is 31.3 Å². The van der Waals surface area contributed by atoms with Crippen molar-refractivity contribution in [2.75, 3.05) is 12.0 Å². The molecule has 0 bridgehead atoms. The number of aromatic nitrogens is 2. The smallest absolute Gasteiger partial charge is 0.178 e. The normalized spacial score (nSPS) is 13.9. The van der Waals surface area contributed by atoms with Gasteiger partial charge in [0.2, 0.25) is 0 Å². The number of sulfone groups is 1. The van der Waals surface area contributed by atoms with Gasteiger partial charge in [0.25, 0.3) is 0 Å². The van der Waals surface area contributed by atoms with Gasteiger partial charge in [-0.25, -0.2) is 8.42 Å². The summed E-state index contributed by atoms with van der Waals surface area (Å²) in [5.41, 5.74) is 1.56. The second-order valence-corrected chi connectivity index (χ2v) is 7.36. The van der Waals surface area contributed by atoms with Gasteiger partial charge in [0.1, 0.15) is 9.84 Å². The maximum Gasteiger partial charge on any atom is 0.178 e. The minimum absolute atomic E-state index is 0.0273. The Kier molecular flexibility index (Phi) is 3.53. The molecule has 0 aliphatic heterocycles. The van der Waals surface area contributed by atoms with Crippen molar-refractivity contribution < 1.29 is 8.42 Å². The van der Waals surface area contributed by atoms with E-state index in [0.717, 1.165) is 11.0 Å². The Morgan fingerprint density at radius 3 is 2.78 bits per heavy atom. The van der Waals surface area contributed by atoms with Crippen molar-refractivity contribution in [3.63, 3.8) is 0 Å². The Labute approximate surface area is 115 Å². The Hall–Kier alpha value is -0.850. The number of rotatable bonds is 3. The van der Waals surface area contributed by atoms with Gasteiger partial charge in [0, 0.05) is 12.3 Å². The zero-order chi connectivity index (χ0) is 13.5. The summed E-state index contributed by atoms with van der Waals surface area (Å²) in [6.45, 7) is 1.81. The molecule has 0 amide bonds. The lowest BCUT2D eigenvalue weighted by molar-refractivity contribution is 0.566. The SMILES string of the molecule is CC(CS(C)(=O)=O)n1c(=S)[nH]c2cccc(Cl)c21. The van der Waals surface area contributed by atoms with Crippen molar-refractivity contribution in [1.82, 2.24) is 9.55 Å². The van der Waals surface area contributed by atoms with Crippen LogP contribution in [0.4, 0.5) is 0 Å². The Morgan fingerprint density at radius 1 is 1.50 bits per heavy atom. The number of H-pyrrole nitrogens is 1. The summed E-state index contributed by atoms with van der Waals surface area (Å²) in [5.74, 6) is 0.0273. The average Bonchev–Trinajstić information content (AvgIpc) is 2.53. The van der Waals surface area contributed by atoms with Gasteiger partial charge in [0.15, 0.2) is 4.77 Å². The lowest BCUT2D eigenvalue weighted by atomic mass is 10.3. The van der Waals surface area contributed by atoms with Crippen LogP contribution in [0.2, 0.25) is 5.02 Å². The van der Waals surface area contributed by atoms with E-state index in [9.17, 15) is 8.42 Å². The van der Waals surface area contributed by atoms with Crippen LogP contribution in [0.15, 0.2) is 18.2 Å². The summed E-state index contributed by atoms with van der Waals surface area (Å²) in [5, 5.41) is 0.556. The van der Waals surface area contributed by atoms with Gasteiger partial charge in [0.05, 0.1) is 21.8 Å². The van der Waals surface area contributed by atoms with E-state index in [1.165, 1.54) is 6.26 Å². The number of para-hydroxylation sites is 1. The Morgan fingerprint density at radius 2 is 2.17 bits per heavy atom. The first-order chi connectivity index (χ1) is 8.29. The maximum absolute atomic E-state index is 11.4. The first-order valence-corrected chi connectivity index (χ1v) is 8.21. The number of benzene rings is 1. The van der Waals surface area contributed by atoms with Gasteiger partial charge < -0.3 is 9.55 Å². The molecule has 1 unspecified atom stereocenters. The van der Waals surface area contributed by atoms with E-state index in [1.54, 1.807) is 10.6 Å². The molecule has 1 atom stereocenters. The standard InChI is InChI=1S/C11H13ClN2O2S2/c1-7(6-18(2,15)16)14-10-8(12)4-3-5-9(10)13-11(14)17/h3-5,7H,6H2,1-2H3,(H,13,17). The molecule has 2 aromatic rings. The highest BCUT2D eigenvalue weighted by atomic mass is 35.5. The van der Waals surface area contributed by atoms with Crippen LogP contribution in [0.5, 0.6) is 0 Å². The van der Waals surface area contributed by atoms with Gasteiger partial charge >= 0.3 is 0 Å². The van der Waals surface area contributed by atoms with E-state index in [-0.39, 0.29) is 11.8 Å². The number of aromatic amines is 1. The fourth-order valence-electron chi connectivity index (χ4n) is 2.07. The topological polar surface area (TPSA) is 54.9 Å². The molecule has 0 fully saturated rings. The minimum Gasteiger partial charge on any atom is -0.331 e. The van der Waals surface area contributed by atoms with E-state index < -0.39 is 9.84 Å². The fraction of sp³-hybridized carbons (Fsp3) is 0.364. The summed E-state index contributed by atoms with van der Waals surface area (Å²) in [4.78, 5) is 3.03. The molecular weight excluding hydrogens is 292 g/mol. The van der Waals surface area contributed by atoms with Crippen LogP contribution >= 0.6 is 23.8 Å². The number of hydrogen-bond acceptors (Lipinski definition) is 3. The molecular formula is C11H13ClN2O2S2. The summed E-state index contributed by atoms with van der Waals surface area (Å²) in [6, 6.07) is 5.18. The highest BCUT2D eigenvalue weighted by Crippen LogP contribution is 2.26. The van der Waals surface area contributed by atoms with Crippen LogP contribution in [-0.2, 0) is 9.84 Å². The molecule has 0 spiro atoms. The number of hydrogen-bond donors (Lipinski definition) is 1. The molecule has 1 N–H and O–H groups in total. The van der Waals surface area contributed by atoms with E-state index in [1.807, 2.05) is 19.1 Å². The van der Waals surface area contributed by atoms with Gasteiger partial charge in [-0.1, -0.05) is 17.7 Å². The Bertz CT molecular complexity index is 746. The predicted molar refractivity (Wildman–Crippen MR) is 76.6 cm³/mol. The largest absolute Gasteiger partial charge is 0.331 e. The van der Waals surface area contributed by atoms with Crippen LogP contribution in [0.25, 0.3) is 11.0 Å². The number of nitrogens with one attached hydrogen (secondary N) is 1. The molecule has 0 aliphatic carbocycles. The predicted octanol–water partition coefficient (Wildman–Crippen LogP) is 2.96. The monoisotopic (exact) mass is 304 g/mol. The second kappa shape index (κ2) is 4.68. The van der Waals surface area contributed by atoms with Crippen LogP contribution in [-0.4, -0.2) is 30.0 Å². The van der Waals surface area contributed by atoms with Crippen molar-refractivity contribution in [3.05, 3.63) is 28.0 Å². The molecule has 0 aliphatic rings. The summed E-state index contributed by atoms with van der Waals surface area (Å²) in [7, 11) is -3.07. The Balaban J connectivity index is 2.64. The fourth-order valence-corrected chi connectivity index (χ4v) is 3.74. The van der Waals surface area contributed by atoms with Gasteiger partial charge in [-0.15, -0.1) is 0 Å². The highest BCUT2D eigenvalue weighted by molar-refractivity contribution is 7.90. The molecule has 1 heterocycles. The average molecular weight is 305 g/mol. The van der Waals surface area contributed by atoms with Crippen LogP contribution < -0.4 is 0 Å².